The second kappa shape index (κ2) is 2.21. The highest BCUT2D eigenvalue weighted by atomic mass is 31.1. The average molecular weight is 144 g/mol. The van der Waals surface area contributed by atoms with Gasteiger partial charge in [0.1, 0.15) is 0 Å². The first-order chi connectivity index (χ1) is 3.72. The predicted molar refractivity (Wildman–Crippen MR) is 44.2 cm³/mol. The molecule has 44 valence electrons. The molecule has 2 atom stereocenters. The van der Waals surface area contributed by atoms with Gasteiger partial charge in [-0.25, -0.2) is 0 Å². The fourth-order valence-electron chi connectivity index (χ4n) is 0.667. The molecule has 0 aliphatic rings. The Bertz CT molecular complexity index is 169. The fraction of sp³-hybridized carbons (Fsp3) is 0.333. The van der Waals surface area contributed by atoms with Crippen LogP contribution in [0.5, 0.6) is 0 Å². The maximum Gasteiger partial charge on any atom is -0.00835 e. The first kappa shape index (κ1) is 6.33. The highest BCUT2D eigenvalue weighted by molar-refractivity contribution is 7.62. The summed E-state index contributed by atoms with van der Waals surface area (Å²) in [6, 6.07) is 2.20. The molecule has 0 N–H and O–H groups in total. The zero-order valence-electron chi connectivity index (χ0n) is 5.18. The Hall–Kier alpha value is 0.210. The Labute approximate surface area is 53.6 Å². The van der Waals surface area contributed by atoms with Gasteiger partial charge in [-0.2, -0.15) is 0 Å². The Morgan fingerprint density at radius 3 is 2.38 bits per heavy atom. The molecule has 0 aromatic carbocycles. The minimum absolute atomic E-state index is 0.0965. The van der Waals surface area contributed by atoms with Gasteiger partial charge in [0.2, 0.25) is 0 Å². The van der Waals surface area contributed by atoms with Gasteiger partial charge in [-0.15, -0.1) is 16.8 Å². The normalized spacial score (nSPS) is 12.1. The molecular weight excluding hydrogens is 134 g/mol. The van der Waals surface area contributed by atoms with Crippen LogP contribution in [0.3, 0.4) is 0 Å². The molecule has 0 aliphatic carbocycles. The molecule has 2 heteroatoms. The summed E-state index contributed by atoms with van der Waals surface area (Å²) >= 11 is 0. The van der Waals surface area contributed by atoms with E-state index in [9.17, 15) is 0 Å². The first-order valence-corrected chi connectivity index (χ1v) is 5.03. The van der Waals surface area contributed by atoms with Gasteiger partial charge < -0.3 is 0 Å². The van der Waals surface area contributed by atoms with Crippen molar-refractivity contribution in [2.75, 3.05) is 0 Å². The largest absolute Gasteiger partial charge is 0.120 e. The number of hydrogen-bond donors (Lipinski definition) is 0. The summed E-state index contributed by atoms with van der Waals surface area (Å²) < 4.78 is 0. The Morgan fingerprint density at radius 1 is 1.62 bits per heavy atom. The van der Waals surface area contributed by atoms with Crippen LogP contribution >= 0.6 is 16.8 Å². The molecule has 1 aromatic rings. The molecule has 8 heavy (non-hydrogen) atoms. The van der Waals surface area contributed by atoms with E-state index in [2.05, 4.69) is 34.7 Å². The third kappa shape index (κ3) is 0.966. The summed E-state index contributed by atoms with van der Waals surface area (Å²) in [5.41, 5.74) is 1.43. The van der Waals surface area contributed by atoms with Crippen LogP contribution in [0.4, 0.5) is 0 Å². The van der Waals surface area contributed by atoms with E-state index in [0.29, 0.717) is 0 Å². The van der Waals surface area contributed by atoms with E-state index < -0.39 is 0 Å². The lowest BCUT2D eigenvalue weighted by Gasteiger charge is -1.88. The topological polar surface area (TPSA) is 0 Å². The summed E-state index contributed by atoms with van der Waals surface area (Å²) in [7, 11) is 2.89. The van der Waals surface area contributed by atoms with Gasteiger partial charge in [-0.1, -0.05) is 6.07 Å². The summed E-state index contributed by atoms with van der Waals surface area (Å²) in [5.74, 6) is 2.28. The summed E-state index contributed by atoms with van der Waals surface area (Å²) in [6.45, 7) is 4.43. The van der Waals surface area contributed by atoms with Gasteiger partial charge in [-0.3, -0.25) is 0 Å². The van der Waals surface area contributed by atoms with Crippen LogP contribution < -0.4 is 5.04 Å². The zero-order valence-corrected chi connectivity index (χ0v) is 7.23. The van der Waals surface area contributed by atoms with E-state index in [1.165, 1.54) is 10.6 Å². The maximum atomic E-state index is 2.80. The van der Waals surface area contributed by atoms with Crippen LogP contribution in [0.15, 0.2) is 11.9 Å². The standard InChI is InChI=1S/C6H10P2/c1-5-3-4-8(2)6(5)7/h3-4H,7H2,1-2H3. The Balaban J connectivity index is 3.19. The number of rotatable bonds is 0. The maximum absolute atomic E-state index is 2.80. The number of hydrogen-bond acceptors (Lipinski definition) is 0. The van der Waals surface area contributed by atoms with Crippen molar-refractivity contribution in [2.24, 2.45) is 6.66 Å². The van der Waals surface area contributed by atoms with Gasteiger partial charge >= 0.3 is 0 Å². The van der Waals surface area contributed by atoms with E-state index in [-0.39, 0.29) is 7.53 Å². The molecule has 0 amide bonds. The molecule has 0 saturated heterocycles. The second-order valence-electron chi connectivity index (χ2n) is 1.99. The van der Waals surface area contributed by atoms with Gasteiger partial charge in [0.15, 0.2) is 0 Å². The van der Waals surface area contributed by atoms with Crippen molar-refractivity contribution in [3.8, 4) is 0 Å². The Morgan fingerprint density at radius 2 is 2.25 bits per heavy atom. The number of aryl methyl sites for hydroxylation is 2. The van der Waals surface area contributed by atoms with Crippen LogP contribution in [0.1, 0.15) is 5.56 Å². The van der Waals surface area contributed by atoms with Gasteiger partial charge in [0.05, 0.1) is 0 Å². The lowest BCUT2D eigenvalue weighted by atomic mass is 10.4. The zero-order chi connectivity index (χ0) is 6.15. The van der Waals surface area contributed by atoms with Crippen molar-refractivity contribution in [1.82, 2.24) is 0 Å². The summed E-state index contributed by atoms with van der Waals surface area (Å²) in [4.78, 5) is 0. The van der Waals surface area contributed by atoms with Crippen LogP contribution in [-0.4, -0.2) is 0 Å². The van der Waals surface area contributed by atoms with E-state index >= 15 is 0 Å². The molecular formula is C6H10P2. The quantitative estimate of drug-likeness (QED) is 0.488. The van der Waals surface area contributed by atoms with Gasteiger partial charge in [-0.05, 0) is 30.0 Å². The molecule has 1 rings (SSSR count). The monoisotopic (exact) mass is 144 g/mol. The summed E-state index contributed by atoms with van der Waals surface area (Å²) in [5, 5.41) is 1.50. The van der Waals surface area contributed by atoms with Gasteiger partial charge in [0, 0.05) is 0 Å². The van der Waals surface area contributed by atoms with Crippen molar-refractivity contribution in [1.29, 1.82) is 0 Å². The molecule has 0 fully saturated rings. The smallest absolute Gasteiger partial charge is 0.00835 e. The van der Waals surface area contributed by atoms with Crippen molar-refractivity contribution < 1.29 is 0 Å². The van der Waals surface area contributed by atoms with Crippen LogP contribution in [0.25, 0.3) is 0 Å². The van der Waals surface area contributed by atoms with Crippen molar-refractivity contribution >= 4 is 21.8 Å². The highest BCUT2D eigenvalue weighted by Crippen LogP contribution is 2.24. The van der Waals surface area contributed by atoms with Crippen LogP contribution in [0.2, 0.25) is 0 Å². The van der Waals surface area contributed by atoms with Crippen LogP contribution in [-0.2, 0) is 6.66 Å². The Kier molecular flexibility index (Phi) is 1.75. The molecule has 0 saturated carbocycles. The molecule has 0 aliphatic heterocycles. The molecule has 1 aromatic heterocycles. The first-order valence-electron chi connectivity index (χ1n) is 2.59. The molecule has 0 spiro atoms. The minimum atomic E-state index is 0.0965. The van der Waals surface area contributed by atoms with Gasteiger partial charge in [0.25, 0.3) is 0 Å². The van der Waals surface area contributed by atoms with E-state index in [0.717, 1.165) is 0 Å². The third-order valence-corrected chi connectivity index (χ3v) is 4.72. The van der Waals surface area contributed by atoms with Crippen molar-refractivity contribution in [3.63, 3.8) is 0 Å². The lowest BCUT2D eigenvalue weighted by Crippen LogP contribution is -1.83. The molecule has 2 unspecified atom stereocenters. The summed E-state index contributed by atoms with van der Waals surface area (Å²) in [6.07, 6.45) is 0. The third-order valence-electron chi connectivity index (χ3n) is 1.33. The average Bonchev–Trinajstić information content (AvgIpc) is 1.98. The van der Waals surface area contributed by atoms with Crippen LogP contribution in [0, 0.1) is 6.92 Å². The lowest BCUT2D eigenvalue weighted by molar-refractivity contribution is 1.59. The van der Waals surface area contributed by atoms with E-state index in [1.807, 2.05) is 0 Å². The van der Waals surface area contributed by atoms with E-state index in [4.69, 9.17) is 0 Å². The highest BCUT2D eigenvalue weighted by Gasteiger charge is 1.93. The molecule has 0 radical (unpaired) electrons. The molecule has 1 heterocycles. The second-order valence-corrected chi connectivity index (χ2v) is 5.06. The fourth-order valence-corrected chi connectivity index (χ4v) is 2.26. The SMILES string of the molecule is Cc1ccp(C)c1P. The van der Waals surface area contributed by atoms with E-state index in [1.54, 1.807) is 0 Å². The predicted octanol–water partition coefficient (Wildman–Crippen LogP) is 2.02. The van der Waals surface area contributed by atoms with Crippen molar-refractivity contribution in [3.05, 3.63) is 17.4 Å². The molecule has 0 nitrogen and oxygen atoms in total. The molecule has 0 bridgehead atoms. The van der Waals surface area contributed by atoms with Crippen molar-refractivity contribution in [2.45, 2.75) is 6.92 Å². The minimum Gasteiger partial charge on any atom is -0.120 e.